The number of ether oxygens (including phenoxy) is 1. The van der Waals surface area contributed by atoms with Crippen LogP contribution in [0.15, 0.2) is 72.8 Å². The summed E-state index contributed by atoms with van der Waals surface area (Å²) in [5, 5.41) is 0. The largest absolute Gasteiger partial charge is 0.457 e. The Kier molecular flexibility index (Phi) is 7.73. The molecule has 0 saturated carbocycles. The van der Waals surface area contributed by atoms with Crippen LogP contribution < -0.4 is 4.74 Å². The lowest BCUT2D eigenvalue weighted by Crippen LogP contribution is -2.15. The lowest BCUT2D eigenvalue weighted by atomic mass is 9.79. The molecule has 148 valence electrons. The standard InChI is InChI=1S/C23H24O.H3O3P/c1-17-15-16-20(24-19-13-9-6-10-14-19)22(23(2,3)4)21(17)18-11-7-5-8-12-18;1-4(2)3/h5-16H,1-4H3;1-3H. The molecule has 0 unspecified atom stereocenters. The van der Waals surface area contributed by atoms with Crippen molar-refractivity contribution in [2.75, 3.05) is 0 Å². The van der Waals surface area contributed by atoms with Crippen LogP contribution in [-0.4, -0.2) is 14.7 Å². The van der Waals surface area contributed by atoms with Crippen molar-refractivity contribution in [3.8, 4) is 22.6 Å². The summed E-state index contributed by atoms with van der Waals surface area (Å²) in [7, 11) is -2.62. The lowest BCUT2D eigenvalue weighted by molar-refractivity contribution is 0.368. The van der Waals surface area contributed by atoms with Gasteiger partial charge in [-0.3, -0.25) is 0 Å². The summed E-state index contributed by atoms with van der Waals surface area (Å²) in [5.41, 5.74) is 5.00. The number of benzene rings is 3. The molecule has 0 bridgehead atoms. The molecule has 0 saturated heterocycles. The predicted molar refractivity (Wildman–Crippen MR) is 115 cm³/mol. The average molecular weight is 398 g/mol. The minimum atomic E-state index is -2.62. The van der Waals surface area contributed by atoms with E-state index in [0.717, 1.165) is 11.5 Å². The first-order chi connectivity index (χ1) is 13.2. The van der Waals surface area contributed by atoms with E-state index >= 15 is 0 Å². The second kappa shape index (κ2) is 9.81. The molecule has 3 N–H and O–H groups in total. The second-order valence-corrected chi connectivity index (χ2v) is 7.97. The van der Waals surface area contributed by atoms with E-state index in [9.17, 15) is 0 Å². The molecule has 4 nitrogen and oxygen atoms in total. The van der Waals surface area contributed by atoms with Crippen molar-refractivity contribution in [2.45, 2.75) is 33.1 Å². The molecular weight excluding hydrogens is 371 g/mol. The summed E-state index contributed by atoms with van der Waals surface area (Å²) in [6.07, 6.45) is 0. The molecule has 0 aliphatic heterocycles. The predicted octanol–water partition coefficient (Wildman–Crippen LogP) is 5.94. The topological polar surface area (TPSA) is 69.9 Å². The van der Waals surface area contributed by atoms with Gasteiger partial charge in [0.15, 0.2) is 0 Å². The third kappa shape index (κ3) is 6.15. The summed E-state index contributed by atoms with van der Waals surface area (Å²) in [5.74, 6) is 1.80. The quantitative estimate of drug-likeness (QED) is 0.478. The van der Waals surface area contributed by atoms with Gasteiger partial charge in [0, 0.05) is 5.56 Å². The maximum Gasteiger partial charge on any atom is 0.324 e. The van der Waals surface area contributed by atoms with Crippen molar-refractivity contribution >= 4 is 8.60 Å². The smallest absolute Gasteiger partial charge is 0.324 e. The van der Waals surface area contributed by atoms with Crippen molar-refractivity contribution in [2.24, 2.45) is 0 Å². The molecule has 28 heavy (non-hydrogen) atoms. The molecule has 0 atom stereocenters. The van der Waals surface area contributed by atoms with E-state index in [1.54, 1.807) is 0 Å². The highest BCUT2D eigenvalue weighted by molar-refractivity contribution is 7.38. The van der Waals surface area contributed by atoms with E-state index in [4.69, 9.17) is 19.4 Å². The van der Waals surface area contributed by atoms with Crippen LogP contribution in [0, 0.1) is 6.92 Å². The molecule has 0 aromatic heterocycles. The zero-order valence-corrected chi connectivity index (χ0v) is 17.5. The van der Waals surface area contributed by atoms with Gasteiger partial charge in [-0.05, 0) is 47.2 Å². The van der Waals surface area contributed by atoms with Crippen molar-refractivity contribution in [1.82, 2.24) is 0 Å². The number of para-hydroxylation sites is 1. The normalized spacial score (nSPS) is 11.0. The number of hydrogen-bond acceptors (Lipinski definition) is 4. The van der Waals surface area contributed by atoms with Gasteiger partial charge in [0.25, 0.3) is 0 Å². The molecule has 0 fully saturated rings. The van der Waals surface area contributed by atoms with Gasteiger partial charge in [-0.25, -0.2) is 0 Å². The Bertz CT molecular complexity index is 870. The third-order valence-corrected chi connectivity index (χ3v) is 4.16. The van der Waals surface area contributed by atoms with Crippen LogP contribution in [0.1, 0.15) is 31.9 Å². The summed E-state index contributed by atoms with van der Waals surface area (Å²) in [6, 6.07) is 24.8. The summed E-state index contributed by atoms with van der Waals surface area (Å²) in [6.45, 7) is 8.90. The fourth-order valence-corrected chi connectivity index (χ4v) is 3.11. The SMILES string of the molecule is Cc1ccc(Oc2ccccc2)c(C(C)(C)C)c1-c1ccccc1.OP(O)O. The van der Waals surface area contributed by atoms with Gasteiger partial charge in [-0.15, -0.1) is 0 Å². The van der Waals surface area contributed by atoms with Gasteiger partial charge in [-0.2, -0.15) is 0 Å². The Hall–Kier alpha value is -2.23. The van der Waals surface area contributed by atoms with Crippen molar-refractivity contribution in [3.63, 3.8) is 0 Å². The first kappa shape index (κ1) is 22.1. The second-order valence-electron chi connectivity index (χ2n) is 7.43. The van der Waals surface area contributed by atoms with E-state index in [2.05, 4.69) is 70.2 Å². The first-order valence-electron chi connectivity index (χ1n) is 8.99. The van der Waals surface area contributed by atoms with Crippen LogP contribution in [-0.2, 0) is 5.41 Å². The minimum absolute atomic E-state index is 0.0265. The molecule has 3 rings (SSSR count). The van der Waals surface area contributed by atoms with Gasteiger partial charge in [0.1, 0.15) is 11.5 Å². The third-order valence-electron chi connectivity index (χ3n) is 4.16. The van der Waals surface area contributed by atoms with Crippen LogP contribution >= 0.6 is 8.60 Å². The first-order valence-corrected chi connectivity index (χ1v) is 10.2. The molecule has 0 amide bonds. The maximum atomic E-state index is 7.23. The Morgan fingerprint density at radius 3 is 1.75 bits per heavy atom. The summed E-state index contributed by atoms with van der Waals surface area (Å²) < 4.78 is 6.25. The highest BCUT2D eigenvalue weighted by Gasteiger charge is 2.25. The van der Waals surface area contributed by atoms with Crippen LogP contribution in [0.2, 0.25) is 0 Å². The molecule has 3 aromatic carbocycles. The van der Waals surface area contributed by atoms with Gasteiger partial charge in [0.2, 0.25) is 0 Å². The number of hydrogen-bond donors (Lipinski definition) is 3. The van der Waals surface area contributed by atoms with Gasteiger partial charge < -0.3 is 19.4 Å². The molecule has 0 aliphatic rings. The van der Waals surface area contributed by atoms with Crippen molar-refractivity contribution in [1.29, 1.82) is 0 Å². The monoisotopic (exact) mass is 398 g/mol. The van der Waals surface area contributed by atoms with Crippen molar-refractivity contribution in [3.05, 3.63) is 83.9 Å². The van der Waals surface area contributed by atoms with E-state index in [0.29, 0.717) is 0 Å². The molecule has 5 heteroatoms. The van der Waals surface area contributed by atoms with E-state index in [1.807, 2.05) is 30.3 Å². The van der Waals surface area contributed by atoms with Gasteiger partial charge in [0.05, 0.1) is 0 Å². The fraction of sp³-hybridized carbons (Fsp3) is 0.217. The molecule has 0 heterocycles. The average Bonchev–Trinajstić information content (AvgIpc) is 2.63. The van der Waals surface area contributed by atoms with E-state index < -0.39 is 8.60 Å². The highest BCUT2D eigenvalue weighted by Crippen LogP contribution is 2.42. The Morgan fingerprint density at radius 1 is 0.750 bits per heavy atom. The summed E-state index contributed by atoms with van der Waals surface area (Å²) in [4.78, 5) is 21.7. The molecule has 0 spiro atoms. The summed E-state index contributed by atoms with van der Waals surface area (Å²) >= 11 is 0. The Morgan fingerprint density at radius 2 is 1.25 bits per heavy atom. The Balaban J connectivity index is 0.000000640. The molecule has 0 radical (unpaired) electrons. The fourth-order valence-electron chi connectivity index (χ4n) is 3.11. The maximum absolute atomic E-state index is 7.23. The number of rotatable bonds is 3. The lowest BCUT2D eigenvalue weighted by Gasteiger charge is -2.27. The molecular formula is C23H27O4P. The number of aryl methyl sites for hydroxylation is 1. The van der Waals surface area contributed by atoms with E-state index in [1.165, 1.54) is 22.3 Å². The van der Waals surface area contributed by atoms with Crippen LogP contribution in [0.3, 0.4) is 0 Å². The van der Waals surface area contributed by atoms with Crippen LogP contribution in [0.25, 0.3) is 11.1 Å². The van der Waals surface area contributed by atoms with E-state index in [-0.39, 0.29) is 5.41 Å². The zero-order chi connectivity index (χ0) is 20.7. The van der Waals surface area contributed by atoms with Crippen molar-refractivity contribution < 1.29 is 19.4 Å². The highest BCUT2D eigenvalue weighted by atomic mass is 31.2. The molecule has 0 aliphatic carbocycles. The van der Waals surface area contributed by atoms with Crippen LogP contribution in [0.4, 0.5) is 0 Å². The zero-order valence-electron chi connectivity index (χ0n) is 16.6. The minimum Gasteiger partial charge on any atom is -0.457 e. The van der Waals surface area contributed by atoms with Crippen LogP contribution in [0.5, 0.6) is 11.5 Å². The Labute approximate surface area is 168 Å². The van der Waals surface area contributed by atoms with Gasteiger partial charge in [-0.1, -0.05) is 75.4 Å². The molecule has 3 aromatic rings. The van der Waals surface area contributed by atoms with Gasteiger partial charge >= 0.3 is 8.60 Å².